The van der Waals surface area contributed by atoms with Crippen LogP contribution in [0.3, 0.4) is 0 Å². The van der Waals surface area contributed by atoms with Crippen LogP contribution < -0.4 is 5.32 Å². The minimum Gasteiger partial charge on any atom is -0.347 e. The second kappa shape index (κ2) is 7.92. The zero-order valence-corrected chi connectivity index (χ0v) is 13.0. The lowest BCUT2D eigenvalue weighted by Crippen LogP contribution is -2.47. The molecule has 1 unspecified atom stereocenters. The molecule has 0 aliphatic carbocycles. The van der Waals surface area contributed by atoms with Crippen molar-refractivity contribution < 1.29 is 14.0 Å². The SMILES string of the molecule is CCC1CCCCN1C(=O)CNC(=O)Cc1cccc(F)c1. The van der Waals surface area contributed by atoms with E-state index in [-0.39, 0.29) is 30.6 Å². The van der Waals surface area contributed by atoms with Crippen LogP contribution in [0.4, 0.5) is 4.39 Å². The molecule has 1 saturated heterocycles. The van der Waals surface area contributed by atoms with E-state index < -0.39 is 0 Å². The maximum Gasteiger partial charge on any atom is 0.242 e. The van der Waals surface area contributed by atoms with Crippen LogP contribution in [-0.2, 0) is 16.0 Å². The lowest BCUT2D eigenvalue weighted by Gasteiger charge is -2.35. The fourth-order valence-corrected chi connectivity index (χ4v) is 2.92. The molecule has 4 nitrogen and oxygen atoms in total. The molecule has 1 aromatic rings. The van der Waals surface area contributed by atoms with Gasteiger partial charge in [0.1, 0.15) is 5.82 Å². The molecular formula is C17H23FN2O2. The summed E-state index contributed by atoms with van der Waals surface area (Å²) in [6.07, 6.45) is 4.26. The molecule has 0 spiro atoms. The van der Waals surface area contributed by atoms with Gasteiger partial charge in [-0.25, -0.2) is 4.39 Å². The highest BCUT2D eigenvalue weighted by atomic mass is 19.1. The minimum atomic E-state index is -0.361. The molecule has 120 valence electrons. The number of nitrogens with zero attached hydrogens (tertiary/aromatic N) is 1. The van der Waals surface area contributed by atoms with E-state index in [1.54, 1.807) is 12.1 Å². The smallest absolute Gasteiger partial charge is 0.242 e. The van der Waals surface area contributed by atoms with Crippen LogP contribution in [0.1, 0.15) is 38.2 Å². The van der Waals surface area contributed by atoms with E-state index in [1.165, 1.54) is 12.1 Å². The van der Waals surface area contributed by atoms with Gasteiger partial charge in [0.25, 0.3) is 0 Å². The number of benzene rings is 1. The van der Waals surface area contributed by atoms with E-state index in [4.69, 9.17) is 0 Å². The summed E-state index contributed by atoms with van der Waals surface area (Å²) in [5.41, 5.74) is 0.606. The number of likely N-dealkylation sites (tertiary alicyclic amines) is 1. The summed E-state index contributed by atoms with van der Waals surface area (Å²) in [6, 6.07) is 6.23. The van der Waals surface area contributed by atoms with E-state index in [1.807, 2.05) is 4.90 Å². The Labute approximate surface area is 130 Å². The van der Waals surface area contributed by atoms with Gasteiger partial charge in [-0.3, -0.25) is 9.59 Å². The topological polar surface area (TPSA) is 49.4 Å². The zero-order valence-electron chi connectivity index (χ0n) is 13.0. The van der Waals surface area contributed by atoms with Crippen molar-refractivity contribution in [1.82, 2.24) is 10.2 Å². The minimum absolute atomic E-state index is 0.0185. The summed E-state index contributed by atoms with van der Waals surface area (Å²) in [4.78, 5) is 26.0. The Balaban J connectivity index is 1.81. The first-order valence-electron chi connectivity index (χ1n) is 7.90. The van der Waals surface area contributed by atoms with Crippen molar-refractivity contribution in [2.24, 2.45) is 0 Å². The lowest BCUT2D eigenvalue weighted by atomic mass is 10.00. The Bertz CT molecular complexity index is 533. The monoisotopic (exact) mass is 306 g/mol. The predicted molar refractivity (Wildman–Crippen MR) is 82.8 cm³/mol. The molecule has 1 N–H and O–H groups in total. The average Bonchev–Trinajstić information content (AvgIpc) is 2.52. The summed E-state index contributed by atoms with van der Waals surface area (Å²) < 4.78 is 13.1. The highest BCUT2D eigenvalue weighted by Gasteiger charge is 2.25. The third kappa shape index (κ3) is 4.55. The molecule has 0 saturated carbocycles. The highest BCUT2D eigenvalue weighted by molar-refractivity contribution is 5.85. The number of piperidine rings is 1. The number of rotatable bonds is 5. The van der Waals surface area contributed by atoms with Gasteiger partial charge < -0.3 is 10.2 Å². The van der Waals surface area contributed by atoms with Gasteiger partial charge in [0.2, 0.25) is 11.8 Å². The molecule has 1 atom stereocenters. The Kier molecular flexibility index (Phi) is 5.92. The van der Waals surface area contributed by atoms with Crippen molar-refractivity contribution in [3.8, 4) is 0 Å². The normalized spacial score (nSPS) is 18.1. The van der Waals surface area contributed by atoms with Gasteiger partial charge in [-0.1, -0.05) is 19.1 Å². The van der Waals surface area contributed by atoms with E-state index >= 15 is 0 Å². The Morgan fingerprint density at radius 3 is 2.91 bits per heavy atom. The van der Waals surface area contributed by atoms with Gasteiger partial charge in [0.15, 0.2) is 0 Å². The Hall–Kier alpha value is -1.91. The molecule has 1 aliphatic rings. The fourth-order valence-electron chi connectivity index (χ4n) is 2.92. The van der Waals surface area contributed by atoms with Crippen LogP contribution in [0.25, 0.3) is 0 Å². The van der Waals surface area contributed by atoms with Crippen LogP contribution in [-0.4, -0.2) is 35.8 Å². The number of halogens is 1. The van der Waals surface area contributed by atoms with Crippen LogP contribution >= 0.6 is 0 Å². The maximum atomic E-state index is 13.1. The second-order valence-corrected chi connectivity index (χ2v) is 5.73. The summed E-state index contributed by atoms with van der Waals surface area (Å²) in [7, 11) is 0. The summed E-state index contributed by atoms with van der Waals surface area (Å²) in [5.74, 6) is -0.649. The van der Waals surface area contributed by atoms with Crippen molar-refractivity contribution in [2.45, 2.75) is 45.1 Å². The van der Waals surface area contributed by atoms with Crippen LogP contribution in [0.5, 0.6) is 0 Å². The molecule has 5 heteroatoms. The third-order valence-corrected chi connectivity index (χ3v) is 4.11. The first-order valence-corrected chi connectivity index (χ1v) is 7.90. The number of carbonyl (C=O) groups excluding carboxylic acids is 2. The summed E-state index contributed by atoms with van der Waals surface area (Å²) in [5, 5.41) is 2.64. The largest absolute Gasteiger partial charge is 0.347 e. The van der Waals surface area contributed by atoms with Gasteiger partial charge in [-0.15, -0.1) is 0 Å². The van der Waals surface area contributed by atoms with Crippen molar-refractivity contribution in [3.63, 3.8) is 0 Å². The summed E-state index contributed by atoms with van der Waals surface area (Å²) >= 11 is 0. The van der Waals surface area contributed by atoms with Gasteiger partial charge >= 0.3 is 0 Å². The van der Waals surface area contributed by atoms with Crippen LogP contribution in [0.2, 0.25) is 0 Å². The quantitative estimate of drug-likeness (QED) is 0.907. The van der Waals surface area contributed by atoms with E-state index in [9.17, 15) is 14.0 Å². The van der Waals surface area contributed by atoms with Crippen molar-refractivity contribution in [1.29, 1.82) is 0 Å². The number of carbonyl (C=O) groups is 2. The number of hydrogen-bond acceptors (Lipinski definition) is 2. The van der Waals surface area contributed by atoms with Crippen LogP contribution in [0.15, 0.2) is 24.3 Å². The molecule has 22 heavy (non-hydrogen) atoms. The van der Waals surface area contributed by atoms with Gasteiger partial charge in [-0.2, -0.15) is 0 Å². The number of amides is 2. The average molecular weight is 306 g/mol. The van der Waals surface area contributed by atoms with E-state index in [0.29, 0.717) is 11.6 Å². The van der Waals surface area contributed by atoms with E-state index in [2.05, 4.69) is 12.2 Å². The summed E-state index contributed by atoms with van der Waals surface area (Å²) in [6.45, 7) is 2.88. The molecule has 0 radical (unpaired) electrons. The molecule has 2 amide bonds. The van der Waals surface area contributed by atoms with Crippen LogP contribution in [0, 0.1) is 5.82 Å². The van der Waals surface area contributed by atoms with Gasteiger partial charge in [-0.05, 0) is 43.4 Å². The standard InChI is InChI=1S/C17H23FN2O2/c1-2-15-8-3-4-9-20(15)17(22)12-19-16(21)11-13-6-5-7-14(18)10-13/h5-7,10,15H,2-4,8-9,11-12H2,1H3,(H,19,21). The van der Waals surface area contributed by atoms with Gasteiger partial charge in [0.05, 0.1) is 13.0 Å². The molecule has 1 aliphatic heterocycles. The first-order chi connectivity index (χ1) is 10.6. The molecule has 2 rings (SSSR count). The van der Waals surface area contributed by atoms with Crippen molar-refractivity contribution in [2.75, 3.05) is 13.1 Å². The molecule has 1 fully saturated rings. The van der Waals surface area contributed by atoms with E-state index in [0.717, 1.165) is 32.2 Å². The maximum absolute atomic E-state index is 13.1. The highest BCUT2D eigenvalue weighted by Crippen LogP contribution is 2.19. The van der Waals surface area contributed by atoms with Crippen molar-refractivity contribution >= 4 is 11.8 Å². The zero-order chi connectivity index (χ0) is 15.9. The number of hydrogen-bond donors (Lipinski definition) is 1. The molecule has 1 heterocycles. The lowest BCUT2D eigenvalue weighted by molar-refractivity contribution is -0.135. The molecule has 1 aromatic carbocycles. The second-order valence-electron chi connectivity index (χ2n) is 5.73. The first kappa shape index (κ1) is 16.5. The number of nitrogens with one attached hydrogen (secondary N) is 1. The van der Waals surface area contributed by atoms with Crippen molar-refractivity contribution in [3.05, 3.63) is 35.6 Å². The molecular weight excluding hydrogens is 283 g/mol. The third-order valence-electron chi connectivity index (χ3n) is 4.11. The van der Waals surface area contributed by atoms with Gasteiger partial charge in [0, 0.05) is 12.6 Å². The molecule has 0 bridgehead atoms. The Morgan fingerprint density at radius 2 is 2.18 bits per heavy atom. The Morgan fingerprint density at radius 1 is 1.36 bits per heavy atom. The molecule has 0 aromatic heterocycles. The fraction of sp³-hybridized carbons (Fsp3) is 0.529. The predicted octanol–water partition coefficient (Wildman–Crippen LogP) is 2.28.